The van der Waals surface area contributed by atoms with E-state index in [0.717, 1.165) is 12.8 Å². The molecule has 5 heterocycles. The molecule has 5 aliphatic rings. The van der Waals surface area contributed by atoms with Gasteiger partial charge < -0.3 is 13.9 Å². The van der Waals surface area contributed by atoms with Gasteiger partial charge in [-0.15, -0.1) is 0 Å². The van der Waals surface area contributed by atoms with Crippen molar-refractivity contribution in [1.29, 1.82) is 0 Å². The third kappa shape index (κ3) is 5.44. The van der Waals surface area contributed by atoms with E-state index in [0.29, 0.717) is 0 Å². The summed E-state index contributed by atoms with van der Waals surface area (Å²) in [6.07, 6.45) is 18.6. The summed E-state index contributed by atoms with van der Waals surface area (Å²) in [5, 5.41) is 13.6. The van der Waals surface area contributed by atoms with Gasteiger partial charge in [0.1, 0.15) is 0 Å². The highest BCUT2D eigenvalue weighted by Crippen LogP contribution is 2.56. The lowest BCUT2D eigenvalue weighted by Crippen LogP contribution is -2.55. The van der Waals surface area contributed by atoms with E-state index < -0.39 is 0 Å². The Morgan fingerprint density at radius 1 is 0.514 bits per heavy atom. The summed E-state index contributed by atoms with van der Waals surface area (Å²) in [7, 11) is 0. The third-order valence-corrected chi connectivity index (χ3v) is 17.9. The van der Waals surface area contributed by atoms with Crippen LogP contribution in [-0.4, -0.2) is 21.9 Å². The van der Waals surface area contributed by atoms with Crippen molar-refractivity contribution in [3.63, 3.8) is 0 Å². The lowest BCUT2D eigenvalue weighted by atomic mass is 9.44. The molecule has 72 heavy (non-hydrogen) atoms. The highest BCUT2D eigenvalue weighted by Gasteiger charge is 2.47. The maximum atomic E-state index is 2.84. The molecule has 2 unspecified atom stereocenters. The van der Waals surface area contributed by atoms with Crippen LogP contribution in [0, 0.1) is 0 Å². The fourth-order valence-electron chi connectivity index (χ4n) is 14.2. The van der Waals surface area contributed by atoms with Crippen molar-refractivity contribution in [2.24, 2.45) is 0 Å². The van der Waals surface area contributed by atoms with Crippen LogP contribution in [-0.2, 0) is 21.7 Å². The summed E-state index contributed by atoms with van der Waals surface area (Å²) in [6, 6.07) is 38.0. The molecule has 15 rings (SSSR count). The highest BCUT2D eigenvalue weighted by atomic mass is 15.2. The number of benzene rings is 8. The van der Waals surface area contributed by atoms with Gasteiger partial charge in [-0.1, -0.05) is 180 Å². The number of nitrogens with zero attached hydrogens (tertiary/aromatic N) is 3. The standard InChI is InChI=1S/C68H64BN3/c1-65(2,3)39-24-29-55-49(32-39)51-33-41(67(7,8)9)35-52-58-47-25-22-37-30-40(66(4,5)6)31-38-23-26-48(57(47)56(37)38)62-59(58)69(72(55)60(51)52)53-36-42(68(10,11)12)34-50-46-28-27-45-44-20-16-17-21-54(44)70(43-18-14-13-15-19-43)63(45)64(46)71(62)61(50)53/h13-14,16-18,20-36,44,54H,15,19H2,1-12H3. The van der Waals surface area contributed by atoms with Gasteiger partial charge in [0.2, 0.25) is 0 Å². The van der Waals surface area contributed by atoms with Crippen LogP contribution in [0.3, 0.4) is 0 Å². The van der Waals surface area contributed by atoms with Gasteiger partial charge in [0.05, 0.1) is 28.5 Å². The molecule has 354 valence electrons. The van der Waals surface area contributed by atoms with Gasteiger partial charge in [-0.25, -0.2) is 0 Å². The molecule has 2 atom stereocenters. The lowest BCUT2D eigenvalue weighted by molar-refractivity contribution is 0.590. The Balaban J connectivity index is 1.22. The zero-order valence-electron chi connectivity index (χ0n) is 44.2. The average molecular weight is 934 g/mol. The van der Waals surface area contributed by atoms with Crippen molar-refractivity contribution in [3.8, 4) is 16.8 Å². The topological polar surface area (TPSA) is 13.1 Å². The first-order valence-electron chi connectivity index (χ1n) is 26.8. The minimum Gasteiger partial charge on any atom is -0.375 e. The summed E-state index contributed by atoms with van der Waals surface area (Å²) in [4.78, 5) is 2.77. The van der Waals surface area contributed by atoms with Crippen LogP contribution in [0.1, 0.15) is 130 Å². The summed E-state index contributed by atoms with van der Waals surface area (Å²) in [5.74, 6) is 0.264. The third-order valence-electron chi connectivity index (χ3n) is 17.9. The van der Waals surface area contributed by atoms with Gasteiger partial charge in [0.15, 0.2) is 0 Å². The minimum atomic E-state index is -0.0853. The first-order chi connectivity index (χ1) is 34.3. The molecule has 0 amide bonds. The summed E-state index contributed by atoms with van der Waals surface area (Å²) in [5.41, 5.74) is 21.9. The molecule has 0 saturated heterocycles. The van der Waals surface area contributed by atoms with Gasteiger partial charge in [0.25, 0.3) is 0 Å². The Kier molecular flexibility index (Phi) is 8.12. The van der Waals surface area contributed by atoms with Gasteiger partial charge in [-0.3, -0.25) is 0 Å². The van der Waals surface area contributed by atoms with Crippen LogP contribution in [0.5, 0.6) is 0 Å². The maximum absolute atomic E-state index is 2.84. The second kappa shape index (κ2) is 13.6. The molecule has 3 aliphatic heterocycles. The van der Waals surface area contributed by atoms with E-state index in [1.165, 1.54) is 143 Å². The Bertz CT molecular complexity index is 4240. The maximum Gasteiger partial charge on any atom is 0.333 e. The van der Waals surface area contributed by atoms with Gasteiger partial charge in [-0.2, -0.15) is 0 Å². The Hall–Kier alpha value is -6.78. The summed E-state index contributed by atoms with van der Waals surface area (Å²) in [6.45, 7) is 28.5. The van der Waals surface area contributed by atoms with Crippen molar-refractivity contribution in [2.75, 3.05) is 4.90 Å². The first-order valence-corrected chi connectivity index (χ1v) is 26.8. The summed E-state index contributed by atoms with van der Waals surface area (Å²) >= 11 is 0. The second-order valence-corrected chi connectivity index (χ2v) is 26.4. The van der Waals surface area contributed by atoms with E-state index in [9.17, 15) is 0 Å². The number of aromatic nitrogens is 2. The first kappa shape index (κ1) is 42.9. The Morgan fingerprint density at radius 2 is 1.15 bits per heavy atom. The number of fused-ring (bicyclic) bond motifs is 16. The number of allylic oxidation sites excluding steroid dienone is 6. The van der Waals surface area contributed by atoms with Crippen molar-refractivity contribution < 1.29 is 0 Å². The molecule has 2 aliphatic carbocycles. The van der Waals surface area contributed by atoms with E-state index >= 15 is 0 Å². The largest absolute Gasteiger partial charge is 0.375 e. The van der Waals surface area contributed by atoms with E-state index in [1.807, 2.05) is 0 Å². The molecule has 2 aromatic heterocycles. The van der Waals surface area contributed by atoms with Crippen LogP contribution in [0.25, 0.3) is 92.7 Å². The molecule has 0 saturated carbocycles. The van der Waals surface area contributed by atoms with Crippen LogP contribution in [0.4, 0.5) is 5.69 Å². The van der Waals surface area contributed by atoms with Crippen molar-refractivity contribution in [2.45, 2.75) is 130 Å². The van der Waals surface area contributed by atoms with Crippen molar-refractivity contribution >= 4 is 99.4 Å². The fourth-order valence-corrected chi connectivity index (χ4v) is 14.2. The molecular weight excluding hydrogens is 870 g/mol. The van der Waals surface area contributed by atoms with Crippen molar-refractivity contribution in [1.82, 2.24) is 9.05 Å². The van der Waals surface area contributed by atoms with E-state index in [2.05, 4.69) is 231 Å². The highest BCUT2D eigenvalue weighted by molar-refractivity contribution is 6.90. The smallest absolute Gasteiger partial charge is 0.333 e. The molecule has 0 spiro atoms. The van der Waals surface area contributed by atoms with Crippen LogP contribution >= 0.6 is 0 Å². The Morgan fingerprint density at radius 3 is 1.85 bits per heavy atom. The normalized spacial score (nSPS) is 18.3. The predicted octanol–water partition coefficient (Wildman–Crippen LogP) is 16.6. The fraction of sp³-hybridized carbons (Fsp3) is 0.294. The molecule has 10 aromatic rings. The van der Waals surface area contributed by atoms with E-state index in [4.69, 9.17) is 0 Å². The zero-order valence-corrected chi connectivity index (χ0v) is 44.2. The monoisotopic (exact) mass is 934 g/mol. The SMILES string of the molecule is CC(C)(C)c1cc2ccc3c4c5c(c6ccc(c1)c2c36)-n1c2c(cc(C(C)(C)C)cc2c2ccc3c(c21)N(C1=CC=CCC1)C1C=CC=CC31)B5n1c2ccc(C(C)(C)C)cc2c2cc(C(C)(C)C)cc-4c21. The second-order valence-electron chi connectivity index (χ2n) is 26.4. The predicted molar refractivity (Wildman–Crippen MR) is 312 cm³/mol. The Labute approximate surface area is 424 Å². The van der Waals surface area contributed by atoms with Crippen LogP contribution in [0.15, 0.2) is 139 Å². The molecule has 0 bridgehead atoms. The average Bonchev–Trinajstić information content (AvgIpc) is 3.98. The molecule has 4 heteroatoms. The van der Waals surface area contributed by atoms with Crippen molar-refractivity contribution in [3.05, 3.63) is 167 Å². The number of hydrogen-bond donors (Lipinski definition) is 0. The van der Waals surface area contributed by atoms with Crippen LogP contribution < -0.4 is 15.8 Å². The molecule has 0 fully saturated rings. The van der Waals surface area contributed by atoms with E-state index in [-0.39, 0.29) is 40.5 Å². The minimum absolute atomic E-state index is 0.00185. The number of hydrogen-bond acceptors (Lipinski definition) is 1. The molecule has 0 N–H and O–H groups in total. The molecule has 0 radical (unpaired) electrons. The number of anilines is 1. The number of rotatable bonds is 1. The zero-order chi connectivity index (χ0) is 49.4. The van der Waals surface area contributed by atoms with Gasteiger partial charge in [0, 0.05) is 60.5 Å². The molecule has 3 nitrogen and oxygen atoms in total. The van der Waals surface area contributed by atoms with E-state index in [1.54, 1.807) is 0 Å². The quantitative estimate of drug-likeness (QED) is 0.118. The van der Waals surface area contributed by atoms with Crippen LogP contribution in [0.2, 0.25) is 0 Å². The summed E-state index contributed by atoms with van der Waals surface area (Å²) < 4.78 is 5.66. The molecule has 8 aromatic carbocycles. The lowest BCUT2D eigenvalue weighted by Gasteiger charge is -2.37. The van der Waals surface area contributed by atoms with Gasteiger partial charge in [-0.05, 0) is 137 Å². The molecular formula is C68H64BN3. The van der Waals surface area contributed by atoms with Gasteiger partial charge >= 0.3 is 6.85 Å².